The first-order valence-corrected chi connectivity index (χ1v) is 7.85. The zero-order valence-corrected chi connectivity index (χ0v) is 13.6. The number of nitrogens with two attached hydrogens (primary N) is 1. The van der Waals surface area contributed by atoms with E-state index in [1.807, 2.05) is 25.7 Å². The Morgan fingerprint density at radius 2 is 2.05 bits per heavy atom. The SMILES string of the molecule is CC(C)(C)OC(=O)N1CCCC([C@H]2[C@H](CN)C2(C)C)C1. The molecule has 3 atom stereocenters. The molecule has 1 aliphatic carbocycles. The van der Waals surface area contributed by atoms with Gasteiger partial charge < -0.3 is 15.4 Å². The number of piperidine rings is 1. The Bertz CT molecular complexity index is 373. The molecule has 2 N–H and O–H groups in total. The van der Waals surface area contributed by atoms with E-state index >= 15 is 0 Å². The molecule has 0 aromatic heterocycles. The smallest absolute Gasteiger partial charge is 0.410 e. The molecule has 1 aliphatic heterocycles. The molecule has 1 heterocycles. The number of hydrogen-bond acceptors (Lipinski definition) is 3. The van der Waals surface area contributed by atoms with Crippen molar-refractivity contribution in [2.75, 3.05) is 19.6 Å². The fraction of sp³-hybridized carbons (Fsp3) is 0.938. The van der Waals surface area contributed by atoms with Crippen LogP contribution in [-0.4, -0.2) is 36.2 Å². The van der Waals surface area contributed by atoms with E-state index in [0.717, 1.165) is 26.1 Å². The van der Waals surface area contributed by atoms with Gasteiger partial charge in [-0.2, -0.15) is 0 Å². The monoisotopic (exact) mass is 282 g/mol. The lowest BCUT2D eigenvalue weighted by Gasteiger charge is -2.35. The molecule has 1 saturated heterocycles. The van der Waals surface area contributed by atoms with Gasteiger partial charge in [0.2, 0.25) is 0 Å². The first-order valence-electron chi connectivity index (χ1n) is 7.85. The van der Waals surface area contributed by atoms with Crippen LogP contribution in [0.25, 0.3) is 0 Å². The molecule has 2 fully saturated rings. The van der Waals surface area contributed by atoms with Crippen molar-refractivity contribution in [1.29, 1.82) is 0 Å². The second-order valence-electron chi connectivity index (χ2n) is 8.02. The van der Waals surface area contributed by atoms with E-state index in [4.69, 9.17) is 10.5 Å². The summed E-state index contributed by atoms with van der Waals surface area (Å²) in [5.41, 5.74) is 5.81. The molecule has 0 spiro atoms. The van der Waals surface area contributed by atoms with Crippen LogP contribution in [0.2, 0.25) is 0 Å². The largest absolute Gasteiger partial charge is 0.444 e. The van der Waals surface area contributed by atoms with Crippen LogP contribution in [0.4, 0.5) is 4.79 Å². The number of hydrogen-bond donors (Lipinski definition) is 1. The van der Waals surface area contributed by atoms with Crippen molar-refractivity contribution in [3.8, 4) is 0 Å². The van der Waals surface area contributed by atoms with Crippen LogP contribution in [0.3, 0.4) is 0 Å². The molecule has 4 heteroatoms. The van der Waals surface area contributed by atoms with Gasteiger partial charge >= 0.3 is 6.09 Å². The number of nitrogens with zero attached hydrogens (tertiary/aromatic N) is 1. The van der Waals surface area contributed by atoms with Gasteiger partial charge in [0, 0.05) is 13.1 Å². The van der Waals surface area contributed by atoms with E-state index in [0.29, 0.717) is 23.2 Å². The summed E-state index contributed by atoms with van der Waals surface area (Å²) in [4.78, 5) is 14.1. The number of likely N-dealkylation sites (tertiary alicyclic amines) is 1. The molecule has 20 heavy (non-hydrogen) atoms. The second-order valence-corrected chi connectivity index (χ2v) is 8.02. The summed E-state index contributed by atoms with van der Waals surface area (Å²) in [7, 11) is 0. The number of rotatable bonds is 2. The molecular formula is C16H30N2O2. The van der Waals surface area contributed by atoms with Gasteiger partial charge in [-0.25, -0.2) is 4.79 Å². The zero-order chi connectivity index (χ0) is 15.1. The maximum Gasteiger partial charge on any atom is 0.410 e. The molecular weight excluding hydrogens is 252 g/mol. The highest BCUT2D eigenvalue weighted by atomic mass is 16.6. The number of carbonyl (C=O) groups excluding carboxylic acids is 1. The maximum absolute atomic E-state index is 12.2. The van der Waals surface area contributed by atoms with Gasteiger partial charge in [-0.1, -0.05) is 13.8 Å². The molecule has 2 rings (SSSR count). The molecule has 0 bridgehead atoms. The minimum atomic E-state index is -0.414. The Hall–Kier alpha value is -0.770. The van der Waals surface area contributed by atoms with Crippen LogP contribution in [0.1, 0.15) is 47.5 Å². The van der Waals surface area contributed by atoms with Gasteiger partial charge in [-0.3, -0.25) is 0 Å². The predicted molar refractivity (Wildman–Crippen MR) is 80.3 cm³/mol. The van der Waals surface area contributed by atoms with E-state index < -0.39 is 5.60 Å². The Morgan fingerprint density at radius 3 is 2.55 bits per heavy atom. The normalized spacial score (nSPS) is 32.9. The van der Waals surface area contributed by atoms with Crippen molar-refractivity contribution in [2.45, 2.75) is 53.1 Å². The van der Waals surface area contributed by atoms with Gasteiger partial charge in [-0.05, 0) is 63.3 Å². The second kappa shape index (κ2) is 5.21. The standard InChI is InChI=1S/C16H30N2O2/c1-15(2,3)20-14(19)18-8-6-7-11(10-18)13-12(9-17)16(13,4)5/h11-13H,6-10,17H2,1-5H3/t11?,12-,13-/m0/s1. The van der Waals surface area contributed by atoms with Crippen LogP contribution in [-0.2, 0) is 4.74 Å². The molecule has 0 radical (unpaired) electrons. The molecule has 0 aromatic rings. The van der Waals surface area contributed by atoms with E-state index in [1.165, 1.54) is 6.42 Å². The minimum Gasteiger partial charge on any atom is -0.444 e. The van der Waals surface area contributed by atoms with E-state index in [1.54, 1.807) is 0 Å². The first kappa shape index (κ1) is 15.6. The predicted octanol–water partition coefficient (Wildman–Crippen LogP) is 2.86. The van der Waals surface area contributed by atoms with Crippen LogP contribution in [0.15, 0.2) is 0 Å². The average Bonchev–Trinajstić information content (AvgIpc) is 2.89. The fourth-order valence-electron chi connectivity index (χ4n) is 3.97. The van der Waals surface area contributed by atoms with Crippen LogP contribution in [0.5, 0.6) is 0 Å². The van der Waals surface area contributed by atoms with Crippen LogP contribution < -0.4 is 5.73 Å². The third-order valence-corrected chi connectivity index (χ3v) is 5.01. The number of amides is 1. The highest BCUT2D eigenvalue weighted by Crippen LogP contribution is 2.62. The Labute approximate surface area is 123 Å². The third-order valence-electron chi connectivity index (χ3n) is 5.01. The van der Waals surface area contributed by atoms with Gasteiger partial charge in [0.15, 0.2) is 0 Å². The highest BCUT2D eigenvalue weighted by Gasteiger charge is 2.59. The van der Waals surface area contributed by atoms with Gasteiger partial charge in [0.25, 0.3) is 0 Å². The number of carbonyl (C=O) groups is 1. The van der Waals surface area contributed by atoms with E-state index in [9.17, 15) is 4.79 Å². The van der Waals surface area contributed by atoms with Crippen molar-refractivity contribution < 1.29 is 9.53 Å². The van der Waals surface area contributed by atoms with Crippen LogP contribution >= 0.6 is 0 Å². The highest BCUT2D eigenvalue weighted by molar-refractivity contribution is 5.68. The van der Waals surface area contributed by atoms with Crippen molar-refractivity contribution in [3.63, 3.8) is 0 Å². The Balaban J connectivity index is 1.95. The summed E-state index contributed by atoms with van der Waals surface area (Å²) in [5, 5.41) is 0. The summed E-state index contributed by atoms with van der Waals surface area (Å²) in [6, 6.07) is 0. The van der Waals surface area contributed by atoms with E-state index in [-0.39, 0.29) is 6.09 Å². The zero-order valence-electron chi connectivity index (χ0n) is 13.6. The maximum atomic E-state index is 12.2. The topological polar surface area (TPSA) is 55.6 Å². The Morgan fingerprint density at radius 1 is 1.40 bits per heavy atom. The van der Waals surface area contributed by atoms with Crippen molar-refractivity contribution in [2.24, 2.45) is 28.9 Å². The quantitative estimate of drug-likeness (QED) is 0.847. The molecule has 1 amide bonds. The Kier molecular flexibility index (Phi) is 4.07. The summed E-state index contributed by atoms with van der Waals surface area (Å²) in [6.07, 6.45) is 2.13. The third kappa shape index (κ3) is 3.11. The number of ether oxygens (including phenoxy) is 1. The van der Waals surface area contributed by atoms with Gasteiger partial charge in [0.05, 0.1) is 0 Å². The lowest BCUT2D eigenvalue weighted by atomic mass is 9.89. The molecule has 1 saturated carbocycles. The molecule has 4 nitrogen and oxygen atoms in total. The minimum absolute atomic E-state index is 0.162. The molecule has 116 valence electrons. The molecule has 2 aliphatic rings. The van der Waals surface area contributed by atoms with Gasteiger partial charge in [-0.15, -0.1) is 0 Å². The summed E-state index contributed by atoms with van der Waals surface area (Å²) >= 11 is 0. The molecule has 0 aromatic carbocycles. The van der Waals surface area contributed by atoms with Crippen LogP contribution in [0, 0.1) is 23.2 Å². The van der Waals surface area contributed by atoms with Crippen molar-refractivity contribution >= 4 is 6.09 Å². The summed E-state index contributed by atoms with van der Waals surface area (Å²) in [6.45, 7) is 12.8. The average molecular weight is 282 g/mol. The summed E-state index contributed by atoms with van der Waals surface area (Å²) in [5.74, 6) is 1.86. The first-order chi connectivity index (χ1) is 9.16. The van der Waals surface area contributed by atoms with Crippen molar-refractivity contribution in [1.82, 2.24) is 4.90 Å². The summed E-state index contributed by atoms with van der Waals surface area (Å²) < 4.78 is 5.49. The lowest BCUT2D eigenvalue weighted by molar-refractivity contribution is 0.0145. The fourth-order valence-corrected chi connectivity index (χ4v) is 3.97. The van der Waals surface area contributed by atoms with Crippen molar-refractivity contribution in [3.05, 3.63) is 0 Å². The van der Waals surface area contributed by atoms with Gasteiger partial charge in [0.1, 0.15) is 5.60 Å². The van der Waals surface area contributed by atoms with E-state index in [2.05, 4.69) is 13.8 Å². The molecule has 1 unspecified atom stereocenters. The lowest BCUT2D eigenvalue weighted by Crippen LogP contribution is -2.43.